The predicted molar refractivity (Wildman–Crippen MR) is 46.0 cm³/mol. The molecule has 1 aliphatic rings. The smallest absolute Gasteiger partial charge is 0.0666 e. The molecule has 1 fully saturated rings. The van der Waals surface area contributed by atoms with Crippen LogP contribution in [0.5, 0.6) is 0 Å². The minimum Gasteiger partial charge on any atom is -0.198 e. The van der Waals surface area contributed by atoms with Gasteiger partial charge in [-0.2, -0.15) is 5.26 Å². The molecule has 0 N–H and O–H groups in total. The first-order chi connectivity index (χ1) is 5.34. The molecular formula is C10H15N. The van der Waals surface area contributed by atoms with Gasteiger partial charge in [0, 0.05) is 0 Å². The van der Waals surface area contributed by atoms with E-state index in [0.717, 1.165) is 0 Å². The first-order valence-electron chi connectivity index (χ1n) is 4.39. The van der Waals surface area contributed by atoms with E-state index in [2.05, 4.69) is 13.0 Å². The molecule has 0 amide bonds. The highest BCUT2D eigenvalue weighted by molar-refractivity contribution is 5.16. The van der Waals surface area contributed by atoms with Gasteiger partial charge in [0.2, 0.25) is 0 Å². The quantitative estimate of drug-likeness (QED) is 0.525. The molecule has 0 aromatic carbocycles. The van der Waals surface area contributed by atoms with Crippen molar-refractivity contribution in [3.8, 4) is 6.07 Å². The average molecular weight is 149 g/mol. The van der Waals surface area contributed by atoms with Gasteiger partial charge < -0.3 is 0 Å². The first kappa shape index (κ1) is 8.33. The van der Waals surface area contributed by atoms with E-state index in [1.54, 1.807) is 5.57 Å². The van der Waals surface area contributed by atoms with Crippen LogP contribution in [0.1, 0.15) is 45.4 Å². The Balaban J connectivity index is 2.54. The molecule has 0 aliphatic heterocycles. The standard InChI is InChI=1S/C10H15N/c1-9(7-8-11)10-5-3-2-4-6-10/h2-7H2,1H3. The van der Waals surface area contributed by atoms with E-state index >= 15 is 0 Å². The molecule has 0 spiro atoms. The van der Waals surface area contributed by atoms with Crippen LogP contribution >= 0.6 is 0 Å². The van der Waals surface area contributed by atoms with Gasteiger partial charge in [-0.15, -0.1) is 0 Å². The predicted octanol–water partition coefficient (Wildman–Crippen LogP) is 3.18. The van der Waals surface area contributed by atoms with Crippen molar-refractivity contribution in [1.29, 1.82) is 5.26 Å². The molecule has 0 aromatic heterocycles. The number of nitrogens with zero attached hydrogens (tertiary/aromatic N) is 1. The maximum absolute atomic E-state index is 8.48. The van der Waals surface area contributed by atoms with Gasteiger partial charge in [0.15, 0.2) is 0 Å². The second kappa shape index (κ2) is 4.18. The van der Waals surface area contributed by atoms with Crippen LogP contribution in [0.15, 0.2) is 11.1 Å². The Labute approximate surface area is 68.7 Å². The van der Waals surface area contributed by atoms with Crippen LogP contribution < -0.4 is 0 Å². The van der Waals surface area contributed by atoms with Crippen molar-refractivity contribution in [3.05, 3.63) is 11.1 Å². The lowest BCUT2D eigenvalue weighted by atomic mass is 9.91. The average Bonchev–Trinajstić information content (AvgIpc) is 2.07. The van der Waals surface area contributed by atoms with Crippen LogP contribution in [0.4, 0.5) is 0 Å². The molecule has 1 saturated carbocycles. The van der Waals surface area contributed by atoms with Crippen molar-refractivity contribution in [1.82, 2.24) is 0 Å². The highest BCUT2D eigenvalue weighted by Gasteiger charge is 2.07. The van der Waals surface area contributed by atoms with E-state index in [-0.39, 0.29) is 0 Å². The van der Waals surface area contributed by atoms with E-state index in [1.807, 2.05) is 0 Å². The molecular weight excluding hydrogens is 134 g/mol. The minimum absolute atomic E-state index is 0.634. The Hall–Kier alpha value is -0.770. The second-order valence-corrected chi connectivity index (χ2v) is 3.28. The number of nitriles is 1. The summed E-state index contributed by atoms with van der Waals surface area (Å²) in [6.07, 6.45) is 7.16. The number of hydrogen-bond donors (Lipinski definition) is 0. The van der Waals surface area contributed by atoms with Crippen LogP contribution in [0.3, 0.4) is 0 Å². The van der Waals surface area contributed by atoms with E-state index < -0.39 is 0 Å². The molecule has 0 radical (unpaired) electrons. The van der Waals surface area contributed by atoms with Crippen LogP contribution in [-0.4, -0.2) is 0 Å². The summed E-state index contributed by atoms with van der Waals surface area (Å²) in [6, 6.07) is 2.21. The Kier molecular flexibility index (Phi) is 3.16. The topological polar surface area (TPSA) is 23.8 Å². The summed E-state index contributed by atoms with van der Waals surface area (Å²) < 4.78 is 0. The Morgan fingerprint density at radius 3 is 2.55 bits per heavy atom. The van der Waals surface area contributed by atoms with Gasteiger partial charge >= 0.3 is 0 Å². The van der Waals surface area contributed by atoms with E-state index in [9.17, 15) is 0 Å². The summed E-state index contributed by atoms with van der Waals surface area (Å²) >= 11 is 0. The lowest BCUT2D eigenvalue weighted by Gasteiger charge is -2.15. The highest BCUT2D eigenvalue weighted by Crippen LogP contribution is 2.26. The Bertz CT molecular complexity index is 187. The molecule has 11 heavy (non-hydrogen) atoms. The molecule has 0 aromatic rings. The first-order valence-corrected chi connectivity index (χ1v) is 4.39. The fraction of sp³-hybridized carbons (Fsp3) is 0.700. The number of allylic oxidation sites excluding steroid dienone is 2. The zero-order chi connectivity index (χ0) is 8.10. The fourth-order valence-electron chi connectivity index (χ4n) is 1.65. The molecule has 0 saturated heterocycles. The summed E-state index contributed by atoms with van der Waals surface area (Å²) in [7, 11) is 0. The molecule has 0 bridgehead atoms. The maximum Gasteiger partial charge on any atom is 0.0666 e. The van der Waals surface area contributed by atoms with Crippen LogP contribution in [0.25, 0.3) is 0 Å². The summed E-state index contributed by atoms with van der Waals surface area (Å²) in [5, 5.41) is 8.48. The van der Waals surface area contributed by atoms with Crippen molar-refractivity contribution >= 4 is 0 Å². The zero-order valence-electron chi connectivity index (χ0n) is 7.19. The summed E-state index contributed by atoms with van der Waals surface area (Å²) in [5.41, 5.74) is 2.88. The van der Waals surface area contributed by atoms with Gasteiger partial charge in [0.1, 0.15) is 0 Å². The number of hydrogen-bond acceptors (Lipinski definition) is 1. The van der Waals surface area contributed by atoms with Crippen LogP contribution in [0.2, 0.25) is 0 Å². The third-order valence-electron chi connectivity index (χ3n) is 2.40. The third kappa shape index (κ3) is 2.38. The fourth-order valence-corrected chi connectivity index (χ4v) is 1.65. The molecule has 1 aliphatic carbocycles. The van der Waals surface area contributed by atoms with Crippen LogP contribution in [-0.2, 0) is 0 Å². The molecule has 1 rings (SSSR count). The van der Waals surface area contributed by atoms with Crippen molar-refractivity contribution in [2.45, 2.75) is 45.4 Å². The van der Waals surface area contributed by atoms with Gasteiger partial charge in [0.25, 0.3) is 0 Å². The van der Waals surface area contributed by atoms with Crippen molar-refractivity contribution in [2.24, 2.45) is 0 Å². The van der Waals surface area contributed by atoms with Crippen molar-refractivity contribution < 1.29 is 0 Å². The summed E-state index contributed by atoms with van der Waals surface area (Å²) in [4.78, 5) is 0. The Morgan fingerprint density at radius 2 is 2.00 bits per heavy atom. The lowest BCUT2D eigenvalue weighted by molar-refractivity contribution is 0.592. The van der Waals surface area contributed by atoms with Crippen molar-refractivity contribution in [2.75, 3.05) is 0 Å². The lowest BCUT2D eigenvalue weighted by Crippen LogP contribution is -1.96. The monoisotopic (exact) mass is 149 g/mol. The van der Waals surface area contributed by atoms with E-state index in [0.29, 0.717) is 6.42 Å². The van der Waals surface area contributed by atoms with Crippen molar-refractivity contribution in [3.63, 3.8) is 0 Å². The van der Waals surface area contributed by atoms with Gasteiger partial charge in [-0.1, -0.05) is 17.6 Å². The number of rotatable bonds is 1. The molecule has 1 heteroatoms. The van der Waals surface area contributed by atoms with Gasteiger partial charge in [-0.25, -0.2) is 0 Å². The SMILES string of the molecule is CC(CC#N)=C1CCCCC1. The molecule has 1 nitrogen and oxygen atoms in total. The largest absolute Gasteiger partial charge is 0.198 e. The summed E-state index contributed by atoms with van der Waals surface area (Å²) in [6.45, 7) is 2.10. The van der Waals surface area contributed by atoms with E-state index in [1.165, 1.54) is 37.7 Å². The third-order valence-corrected chi connectivity index (χ3v) is 2.40. The molecule has 0 unspecified atom stereocenters. The summed E-state index contributed by atoms with van der Waals surface area (Å²) in [5.74, 6) is 0. The molecule has 60 valence electrons. The second-order valence-electron chi connectivity index (χ2n) is 3.28. The van der Waals surface area contributed by atoms with Crippen LogP contribution in [0, 0.1) is 11.3 Å². The highest BCUT2D eigenvalue weighted by atomic mass is 14.2. The molecule has 0 heterocycles. The normalized spacial score (nSPS) is 17.6. The van der Waals surface area contributed by atoms with Gasteiger partial charge in [-0.3, -0.25) is 0 Å². The maximum atomic E-state index is 8.48. The zero-order valence-corrected chi connectivity index (χ0v) is 7.19. The minimum atomic E-state index is 0.634. The Morgan fingerprint density at radius 1 is 1.36 bits per heavy atom. The van der Waals surface area contributed by atoms with Gasteiger partial charge in [0.05, 0.1) is 12.5 Å². The molecule has 0 atom stereocenters. The van der Waals surface area contributed by atoms with Gasteiger partial charge in [-0.05, 0) is 32.6 Å². The van der Waals surface area contributed by atoms with E-state index in [4.69, 9.17) is 5.26 Å².